The Morgan fingerprint density at radius 1 is 1.03 bits per heavy atom. The van der Waals surface area contributed by atoms with Gasteiger partial charge in [-0.15, -0.1) is 0 Å². The Kier molecular flexibility index (Phi) is 7.22. The summed E-state index contributed by atoms with van der Waals surface area (Å²) in [5.41, 5.74) is 1.75. The molecule has 3 N–H and O–H groups in total. The predicted octanol–water partition coefficient (Wildman–Crippen LogP) is 1.92. The van der Waals surface area contributed by atoms with Crippen molar-refractivity contribution in [1.82, 2.24) is 16.0 Å². The van der Waals surface area contributed by atoms with Crippen molar-refractivity contribution in [2.24, 2.45) is 0 Å². The van der Waals surface area contributed by atoms with Crippen LogP contribution in [-0.2, 0) is 27.4 Å². The number of carbonyl (C=O) groups excluding carboxylic acids is 3. The zero-order valence-electron chi connectivity index (χ0n) is 16.1. The van der Waals surface area contributed by atoms with Gasteiger partial charge in [-0.3, -0.25) is 9.59 Å². The van der Waals surface area contributed by atoms with E-state index in [1.807, 2.05) is 60.7 Å². The van der Waals surface area contributed by atoms with E-state index in [2.05, 4.69) is 16.0 Å². The van der Waals surface area contributed by atoms with Crippen LogP contribution in [0.3, 0.4) is 0 Å². The molecule has 3 rings (SSSR count). The highest BCUT2D eigenvalue weighted by atomic mass is 16.5. The first-order valence-electron chi connectivity index (χ1n) is 9.71. The third-order valence-electron chi connectivity index (χ3n) is 4.71. The molecule has 152 valence electrons. The molecule has 1 aliphatic heterocycles. The Morgan fingerprint density at radius 3 is 2.34 bits per heavy atom. The molecule has 1 fully saturated rings. The number of nitrogens with one attached hydrogen (secondary N) is 3. The van der Waals surface area contributed by atoms with Gasteiger partial charge in [0.2, 0.25) is 11.8 Å². The van der Waals surface area contributed by atoms with Crippen LogP contribution in [0.15, 0.2) is 60.7 Å². The van der Waals surface area contributed by atoms with E-state index in [0.29, 0.717) is 19.4 Å². The van der Waals surface area contributed by atoms with Gasteiger partial charge < -0.3 is 20.7 Å². The van der Waals surface area contributed by atoms with Gasteiger partial charge in [-0.2, -0.15) is 0 Å². The quantitative estimate of drug-likeness (QED) is 0.667. The van der Waals surface area contributed by atoms with Crippen LogP contribution in [0, 0.1) is 0 Å². The van der Waals surface area contributed by atoms with Crippen LogP contribution in [0.4, 0.5) is 4.79 Å². The molecule has 1 heterocycles. The van der Waals surface area contributed by atoms with Crippen molar-refractivity contribution in [3.05, 3.63) is 71.8 Å². The van der Waals surface area contributed by atoms with E-state index >= 15 is 0 Å². The highest BCUT2D eigenvalue weighted by molar-refractivity contribution is 5.91. The fourth-order valence-corrected chi connectivity index (χ4v) is 3.15. The molecule has 2 aromatic rings. The first-order chi connectivity index (χ1) is 14.1. The Bertz CT molecular complexity index is 826. The average molecular weight is 395 g/mol. The molecule has 0 radical (unpaired) electrons. The van der Waals surface area contributed by atoms with Gasteiger partial charge >= 0.3 is 6.09 Å². The predicted molar refractivity (Wildman–Crippen MR) is 108 cm³/mol. The minimum absolute atomic E-state index is 0.109. The third-order valence-corrected chi connectivity index (χ3v) is 4.71. The van der Waals surface area contributed by atoms with Gasteiger partial charge in [0.1, 0.15) is 18.7 Å². The van der Waals surface area contributed by atoms with Gasteiger partial charge in [-0.05, 0) is 24.0 Å². The number of piperidine rings is 1. The maximum atomic E-state index is 12.8. The number of hydrogen-bond donors (Lipinski definition) is 3. The average Bonchev–Trinajstić information content (AvgIpc) is 2.75. The van der Waals surface area contributed by atoms with E-state index in [9.17, 15) is 14.4 Å². The molecule has 29 heavy (non-hydrogen) atoms. The number of ether oxygens (including phenoxy) is 1. The molecule has 2 atom stereocenters. The standard InChI is InChI=1S/C22H25N3O4/c26-20-18(12-7-13-23-20)24-21(27)19(14-16-8-3-1-4-9-16)25-22(28)29-15-17-10-5-2-6-11-17/h1-6,8-11,18-19H,7,12-15H2,(H,23,26)(H,24,27)(H,25,28)/t18?,19-/m0/s1. The number of hydrogen-bond acceptors (Lipinski definition) is 4. The summed E-state index contributed by atoms with van der Waals surface area (Å²) >= 11 is 0. The van der Waals surface area contributed by atoms with E-state index in [1.54, 1.807) is 0 Å². The number of amides is 3. The van der Waals surface area contributed by atoms with Gasteiger partial charge in [0, 0.05) is 13.0 Å². The highest BCUT2D eigenvalue weighted by Gasteiger charge is 2.28. The second-order valence-corrected chi connectivity index (χ2v) is 6.94. The minimum Gasteiger partial charge on any atom is -0.445 e. The van der Waals surface area contributed by atoms with Crippen LogP contribution in [0.5, 0.6) is 0 Å². The lowest BCUT2D eigenvalue weighted by Gasteiger charge is -2.25. The Hall–Kier alpha value is -3.35. The molecule has 3 amide bonds. The monoisotopic (exact) mass is 395 g/mol. The number of benzene rings is 2. The molecule has 2 aromatic carbocycles. The summed E-state index contributed by atoms with van der Waals surface area (Å²) in [5.74, 6) is -0.609. The molecule has 0 bridgehead atoms. The van der Waals surface area contributed by atoms with E-state index in [4.69, 9.17) is 4.74 Å². The zero-order chi connectivity index (χ0) is 20.5. The van der Waals surface area contributed by atoms with E-state index in [1.165, 1.54) is 0 Å². The summed E-state index contributed by atoms with van der Waals surface area (Å²) in [6.45, 7) is 0.722. The lowest BCUT2D eigenvalue weighted by atomic mass is 10.0. The normalized spacial score (nSPS) is 17.0. The van der Waals surface area contributed by atoms with Crippen LogP contribution in [0.25, 0.3) is 0 Å². The van der Waals surface area contributed by atoms with Crippen molar-refractivity contribution in [1.29, 1.82) is 0 Å². The van der Waals surface area contributed by atoms with Gasteiger partial charge in [0.25, 0.3) is 0 Å². The second-order valence-electron chi connectivity index (χ2n) is 6.94. The summed E-state index contributed by atoms with van der Waals surface area (Å²) in [5, 5.41) is 8.12. The lowest BCUT2D eigenvalue weighted by molar-refractivity contribution is -0.131. The second kappa shape index (κ2) is 10.3. The topological polar surface area (TPSA) is 96.5 Å². The van der Waals surface area contributed by atoms with Gasteiger partial charge in [0.05, 0.1) is 0 Å². The molecular weight excluding hydrogens is 370 g/mol. The van der Waals surface area contributed by atoms with Crippen LogP contribution in [-0.4, -0.2) is 36.5 Å². The van der Waals surface area contributed by atoms with E-state index in [0.717, 1.165) is 17.5 Å². The molecule has 1 aliphatic rings. The molecule has 1 saturated heterocycles. The molecule has 1 unspecified atom stereocenters. The smallest absolute Gasteiger partial charge is 0.408 e. The maximum Gasteiger partial charge on any atom is 0.408 e. The summed E-state index contributed by atoms with van der Waals surface area (Å²) < 4.78 is 5.25. The summed E-state index contributed by atoms with van der Waals surface area (Å²) in [6.07, 6.45) is 0.986. The summed E-state index contributed by atoms with van der Waals surface area (Å²) in [6, 6.07) is 17.2. The molecule has 7 nitrogen and oxygen atoms in total. The fourth-order valence-electron chi connectivity index (χ4n) is 3.15. The highest BCUT2D eigenvalue weighted by Crippen LogP contribution is 2.08. The maximum absolute atomic E-state index is 12.8. The molecule has 0 aromatic heterocycles. The lowest BCUT2D eigenvalue weighted by Crippen LogP contribution is -2.56. The summed E-state index contributed by atoms with van der Waals surface area (Å²) in [7, 11) is 0. The van der Waals surface area contributed by atoms with Crippen molar-refractivity contribution < 1.29 is 19.1 Å². The van der Waals surface area contributed by atoms with Gasteiger partial charge in [-0.1, -0.05) is 60.7 Å². The number of alkyl carbamates (subject to hydrolysis) is 1. The largest absolute Gasteiger partial charge is 0.445 e. The Labute approximate surface area is 169 Å². The zero-order valence-corrected chi connectivity index (χ0v) is 16.1. The fraction of sp³-hybridized carbons (Fsp3) is 0.318. The minimum atomic E-state index is -0.851. The molecule has 7 heteroatoms. The van der Waals surface area contributed by atoms with Gasteiger partial charge in [0.15, 0.2) is 0 Å². The van der Waals surface area contributed by atoms with Crippen LogP contribution >= 0.6 is 0 Å². The van der Waals surface area contributed by atoms with Crippen LogP contribution in [0.2, 0.25) is 0 Å². The van der Waals surface area contributed by atoms with Crippen molar-refractivity contribution in [3.8, 4) is 0 Å². The third kappa shape index (κ3) is 6.34. The van der Waals surface area contributed by atoms with Crippen LogP contribution in [0.1, 0.15) is 24.0 Å². The van der Waals surface area contributed by atoms with E-state index in [-0.39, 0.29) is 12.5 Å². The van der Waals surface area contributed by atoms with Crippen molar-refractivity contribution in [3.63, 3.8) is 0 Å². The molecular formula is C22H25N3O4. The Balaban J connectivity index is 1.62. The number of rotatable bonds is 7. The van der Waals surface area contributed by atoms with Crippen molar-refractivity contribution in [2.45, 2.75) is 38.0 Å². The summed E-state index contributed by atoms with van der Waals surface area (Å²) in [4.78, 5) is 37.0. The number of carbonyl (C=O) groups is 3. The SMILES string of the molecule is O=C(N[C@@H](Cc1ccccc1)C(=O)NC1CCCNC1=O)OCc1ccccc1. The first kappa shape index (κ1) is 20.4. The Morgan fingerprint density at radius 2 is 1.69 bits per heavy atom. The first-order valence-corrected chi connectivity index (χ1v) is 9.71. The van der Waals surface area contributed by atoms with E-state index < -0.39 is 24.1 Å². The van der Waals surface area contributed by atoms with Gasteiger partial charge in [-0.25, -0.2) is 4.79 Å². The molecule has 0 spiro atoms. The van der Waals surface area contributed by atoms with Crippen molar-refractivity contribution >= 4 is 17.9 Å². The van der Waals surface area contributed by atoms with Crippen molar-refractivity contribution in [2.75, 3.05) is 6.54 Å². The molecule has 0 saturated carbocycles. The van der Waals surface area contributed by atoms with Crippen LogP contribution < -0.4 is 16.0 Å². The molecule has 0 aliphatic carbocycles.